The van der Waals surface area contributed by atoms with E-state index in [0.717, 1.165) is 18.2 Å². The number of ether oxygens (including phenoxy) is 2. The average molecular weight is 650 g/mol. The van der Waals surface area contributed by atoms with Gasteiger partial charge in [-0.15, -0.1) is 0 Å². The molecule has 2 atom stereocenters. The molecule has 0 aliphatic carbocycles. The van der Waals surface area contributed by atoms with E-state index in [-0.39, 0.29) is 43.1 Å². The van der Waals surface area contributed by atoms with Crippen LogP contribution in [0.2, 0.25) is 0 Å². The average Bonchev–Trinajstić information content (AvgIpc) is 3.07. The first-order chi connectivity index (χ1) is 22.7. The quantitative estimate of drug-likeness (QED) is 0.156. The van der Waals surface area contributed by atoms with E-state index in [4.69, 9.17) is 9.47 Å². The normalized spacial score (nSPS) is 16.1. The second-order valence-corrected chi connectivity index (χ2v) is 11.6. The van der Waals surface area contributed by atoms with Gasteiger partial charge >= 0.3 is 6.09 Å². The first kappa shape index (κ1) is 33.6. The van der Waals surface area contributed by atoms with E-state index < -0.39 is 35.4 Å². The molecule has 0 bridgehead atoms. The molecule has 246 valence electrons. The number of nitrogens with zero attached hydrogens (tertiary/aromatic N) is 1. The molecule has 1 saturated heterocycles. The van der Waals surface area contributed by atoms with Crippen LogP contribution in [0.5, 0.6) is 0 Å². The van der Waals surface area contributed by atoms with Gasteiger partial charge in [-0.1, -0.05) is 36.4 Å². The highest BCUT2D eigenvalue weighted by atomic mass is 19.1. The van der Waals surface area contributed by atoms with Crippen LogP contribution in [-0.2, 0) is 27.2 Å². The molecule has 11 heteroatoms. The monoisotopic (exact) mass is 649 g/mol. The molecule has 0 saturated carbocycles. The number of carbonyl (C=O) groups is 2. The van der Waals surface area contributed by atoms with Crippen molar-refractivity contribution in [2.45, 2.75) is 50.7 Å². The molecule has 5 rings (SSSR count). The molecule has 2 heterocycles. The van der Waals surface area contributed by atoms with Crippen molar-refractivity contribution in [1.29, 1.82) is 0 Å². The van der Waals surface area contributed by atoms with Crippen LogP contribution in [0.1, 0.15) is 53.9 Å². The Bertz CT molecular complexity index is 1580. The summed E-state index contributed by atoms with van der Waals surface area (Å²) in [5, 5.41) is 5.43. The summed E-state index contributed by atoms with van der Waals surface area (Å²) >= 11 is 0. The molecule has 1 aliphatic heterocycles. The summed E-state index contributed by atoms with van der Waals surface area (Å²) < 4.78 is 66.5. The molecule has 2 amide bonds. The highest BCUT2D eigenvalue weighted by molar-refractivity contribution is 5.92. The summed E-state index contributed by atoms with van der Waals surface area (Å²) in [5.74, 6) is -2.61. The van der Waals surface area contributed by atoms with Crippen molar-refractivity contribution in [3.63, 3.8) is 0 Å². The first-order valence-corrected chi connectivity index (χ1v) is 15.4. The highest BCUT2D eigenvalue weighted by Gasteiger charge is 2.25. The summed E-state index contributed by atoms with van der Waals surface area (Å²) in [7, 11) is 0. The summed E-state index contributed by atoms with van der Waals surface area (Å²) in [4.78, 5) is 29.2. The third-order valence-corrected chi connectivity index (χ3v) is 8.19. The number of aromatic nitrogens is 1. The summed E-state index contributed by atoms with van der Waals surface area (Å²) in [6.07, 6.45) is 3.98. The fourth-order valence-corrected chi connectivity index (χ4v) is 5.57. The molecule has 47 heavy (non-hydrogen) atoms. The maximum Gasteiger partial charge on any atom is 0.407 e. The zero-order valence-electron chi connectivity index (χ0n) is 25.6. The number of halogens is 4. The van der Waals surface area contributed by atoms with Gasteiger partial charge in [0, 0.05) is 30.4 Å². The summed E-state index contributed by atoms with van der Waals surface area (Å²) in [6.45, 7) is 0.792. The van der Waals surface area contributed by atoms with Crippen molar-refractivity contribution in [3.05, 3.63) is 131 Å². The second-order valence-electron chi connectivity index (χ2n) is 11.6. The number of hydrogen-bond donors (Lipinski definition) is 2. The third-order valence-electron chi connectivity index (χ3n) is 8.19. The molecule has 1 aromatic heterocycles. The van der Waals surface area contributed by atoms with Crippen molar-refractivity contribution in [1.82, 2.24) is 10.3 Å². The molecular weight excluding hydrogens is 614 g/mol. The van der Waals surface area contributed by atoms with Crippen LogP contribution in [-0.4, -0.2) is 36.3 Å². The molecule has 7 nitrogen and oxygen atoms in total. The van der Waals surface area contributed by atoms with Crippen molar-refractivity contribution in [3.8, 4) is 0 Å². The molecule has 0 radical (unpaired) electrons. The Morgan fingerprint density at radius 3 is 2.06 bits per heavy atom. The van der Waals surface area contributed by atoms with Crippen LogP contribution in [0.25, 0.3) is 0 Å². The van der Waals surface area contributed by atoms with Gasteiger partial charge in [0.1, 0.15) is 23.3 Å². The van der Waals surface area contributed by atoms with Crippen LogP contribution in [0.3, 0.4) is 0 Å². The minimum Gasteiger partial charge on any atom is -0.449 e. The molecule has 1 fully saturated rings. The van der Waals surface area contributed by atoms with E-state index in [1.807, 2.05) is 0 Å². The van der Waals surface area contributed by atoms with Gasteiger partial charge in [0.05, 0.1) is 37.4 Å². The van der Waals surface area contributed by atoms with E-state index in [1.165, 1.54) is 42.6 Å². The molecule has 3 aromatic carbocycles. The lowest BCUT2D eigenvalue weighted by Gasteiger charge is -2.29. The second kappa shape index (κ2) is 16.2. The molecule has 0 unspecified atom stereocenters. The maximum atomic E-state index is 15.0. The van der Waals surface area contributed by atoms with E-state index >= 15 is 0 Å². The SMILES string of the molecule is O=C(CC(c1ccc(F)cc1)c1ccc(F)cc1)Nc1cncc(F)c1CC[C@@H]1CC[C@H](COC(=O)NCc2ccc(F)cc2)CO1. The molecular formula is C36H35F4N3O4. The van der Waals surface area contributed by atoms with Gasteiger partial charge in [0.2, 0.25) is 5.91 Å². The van der Waals surface area contributed by atoms with Gasteiger partial charge in [0.15, 0.2) is 0 Å². The Morgan fingerprint density at radius 2 is 1.47 bits per heavy atom. The van der Waals surface area contributed by atoms with Gasteiger partial charge in [-0.25, -0.2) is 22.4 Å². The molecule has 1 aliphatic rings. The third kappa shape index (κ3) is 9.86. The summed E-state index contributed by atoms with van der Waals surface area (Å²) in [5.41, 5.74) is 2.66. The van der Waals surface area contributed by atoms with Crippen LogP contribution in [0.15, 0.2) is 85.2 Å². The number of hydrogen-bond acceptors (Lipinski definition) is 5. The van der Waals surface area contributed by atoms with Gasteiger partial charge in [-0.05, 0) is 78.8 Å². The van der Waals surface area contributed by atoms with Crippen LogP contribution < -0.4 is 10.6 Å². The van der Waals surface area contributed by atoms with E-state index in [1.54, 1.807) is 36.4 Å². The van der Waals surface area contributed by atoms with Gasteiger partial charge in [0.25, 0.3) is 0 Å². The van der Waals surface area contributed by atoms with Crippen LogP contribution in [0.4, 0.5) is 28.0 Å². The van der Waals surface area contributed by atoms with Crippen LogP contribution >= 0.6 is 0 Å². The van der Waals surface area contributed by atoms with Gasteiger partial charge in [-0.2, -0.15) is 0 Å². The largest absolute Gasteiger partial charge is 0.449 e. The van der Waals surface area contributed by atoms with Crippen molar-refractivity contribution in [2.24, 2.45) is 5.92 Å². The number of rotatable bonds is 12. The molecule has 0 spiro atoms. The number of carbonyl (C=O) groups excluding carboxylic acids is 2. The predicted molar refractivity (Wildman–Crippen MR) is 167 cm³/mol. The first-order valence-electron chi connectivity index (χ1n) is 15.4. The Morgan fingerprint density at radius 1 is 0.851 bits per heavy atom. The Kier molecular flexibility index (Phi) is 11.6. The Balaban J connectivity index is 1.11. The fourth-order valence-electron chi connectivity index (χ4n) is 5.57. The summed E-state index contributed by atoms with van der Waals surface area (Å²) in [6, 6.07) is 17.3. The Labute approximate surface area is 270 Å². The Hall–Kier alpha value is -4.77. The minimum atomic E-state index is -0.569. The molecule has 2 N–H and O–H groups in total. The molecule has 4 aromatic rings. The number of benzene rings is 3. The smallest absolute Gasteiger partial charge is 0.407 e. The van der Waals surface area contributed by atoms with E-state index in [2.05, 4.69) is 15.6 Å². The van der Waals surface area contributed by atoms with Crippen molar-refractivity contribution >= 4 is 17.7 Å². The highest BCUT2D eigenvalue weighted by Crippen LogP contribution is 2.30. The lowest BCUT2D eigenvalue weighted by molar-refractivity contribution is -0.116. The predicted octanol–water partition coefficient (Wildman–Crippen LogP) is 7.45. The zero-order chi connectivity index (χ0) is 33.2. The number of amides is 2. The maximum absolute atomic E-state index is 15.0. The van der Waals surface area contributed by atoms with Crippen molar-refractivity contribution < 1.29 is 36.6 Å². The van der Waals surface area contributed by atoms with Gasteiger partial charge in [-0.3, -0.25) is 9.78 Å². The van der Waals surface area contributed by atoms with Crippen LogP contribution in [0, 0.1) is 29.2 Å². The zero-order valence-corrected chi connectivity index (χ0v) is 25.6. The van der Waals surface area contributed by atoms with Crippen molar-refractivity contribution in [2.75, 3.05) is 18.5 Å². The fraction of sp³-hybridized carbons (Fsp3) is 0.306. The topological polar surface area (TPSA) is 89.5 Å². The number of pyridine rings is 1. The van der Waals surface area contributed by atoms with E-state index in [0.29, 0.717) is 42.6 Å². The standard InChI is InChI=1S/C36H35F4N3O4/c37-27-8-1-23(2-9-27)18-42-36(45)47-22-24-3-14-30(46-21-24)15-16-31-33(40)19-41-20-34(31)43-35(44)17-32(25-4-10-28(38)11-5-25)26-6-12-29(39)13-7-26/h1-2,4-13,19-20,24,30,32H,3,14-18,21-22H2,(H,42,45)(H,43,44)/t24-,30-/m0/s1. The lowest BCUT2D eigenvalue weighted by atomic mass is 9.88. The lowest BCUT2D eigenvalue weighted by Crippen LogP contribution is -2.32. The number of anilines is 1. The minimum absolute atomic E-state index is 0.0190. The van der Waals surface area contributed by atoms with E-state index in [9.17, 15) is 27.2 Å². The van der Waals surface area contributed by atoms with Gasteiger partial charge < -0.3 is 20.1 Å². The number of alkyl carbamates (subject to hydrolysis) is 1. The number of nitrogens with one attached hydrogen (secondary N) is 2.